The van der Waals surface area contributed by atoms with E-state index in [9.17, 15) is 4.79 Å². The minimum atomic E-state index is -0.0907. The monoisotopic (exact) mass is 428 g/mol. The molecule has 0 saturated carbocycles. The number of carbonyl (C=O) groups excluding carboxylic acids is 1. The number of hydrogen-bond acceptors (Lipinski definition) is 6. The van der Waals surface area contributed by atoms with Crippen LogP contribution in [0.1, 0.15) is 48.0 Å². The molecular weight excluding hydrogens is 396 g/mol. The molecule has 0 aliphatic carbocycles. The van der Waals surface area contributed by atoms with Gasteiger partial charge in [-0.1, -0.05) is 11.2 Å². The molecule has 2 aliphatic heterocycles. The number of nitrogens with zero attached hydrogens (tertiary/aromatic N) is 3. The number of likely N-dealkylation sites (tertiary alicyclic amines) is 1. The van der Waals surface area contributed by atoms with Gasteiger partial charge in [0.1, 0.15) is 0 Å². The fraction of sp³-hybridized carbons (Fsp3) is 0.609. The van der Waals surface area contributed by atoms with Crippen LogP contribution in [-0.2, 0) is 15.9 Å². The van der Waals surface area contributed by atoms with E-state index in [4.69, 9.17) is 14.0 Å². The lowest BCUT2D eigenvalue weighted by Crippen LogP contribution is -2.32. The molecule has 2 aromatic rings. The maximum atomic E-state index is 12.6. The quantitative estimate of drug-likeness (QED) is 0.677. The van der Waals surface area contributed by atoms with E-state index in [-0.39, 0.29) is 11.9 Å². The van der Waals surface area contributed by atoms with Crippen LogP contribution < -0.4 is 5.32 Å². The van der Waals surface area contributed by atoms with Gasteiger partial charge in [-0.2, -0.15) is 4.98 Å². The number of aryl methyl sites for hydroxylation is 2. The van der Waals surface area contributed by atoms with Crippen LogP contribution >= 0.6 is 0 Å². The number of amides is 2. The molecule has 2 fully saturated rings. The van der Waals surface area contributed by atoms with E-state index in [1.165, 1.54) is 5.56 Å². The lowest BCUT2D eigenvalue weighted by Gasteiger charge is -2.21. The van der Waals surface area contributed by atoms with Crippen molar-refractivity contribution < 1.29 is 18.8 Å². The van der Waals surface area contributed by atoms with Gasteiger partial charge in [0.05, 0.1) is 12.5 Å². The standard InChI is InChI=1S/C23H32N4O4/c1-16-3-4-20(13-17(16)2)24-23(28)27-9-5-19(14-27)22-25-21(26-31-22)8-12-30-15-18-6-10-29-11-7-18/h3-4,13,18-19H,5-12,14-15H2,1-2H3,(H,24,28). The largest absolute Gasteiger partial charge is 0.381 e. The van der Waals surface area contributed by atoms with E-state index in [0.29, 0.717) is 43.8 Å². The van der Waals surface area contributed by atoms with E-state index in [0.717, 1.165) is 50.3 Å². The number of nitrogens with one attached hydrogen (secondary N) is 1. The van der Waals surface area contributed by atoms with Crippen molar-refractivity contribution in [2.75, 3.05) is 44.8 Å². The van der Waals surface area contributed by atoms with Crippen molar-refractivity contribution in [3.05, 3.63) is 41.0 Å². The Balaban J connectivity index is 1.21. The van der Waals surface area contributed by atoms with E-state index in [1.807, 2.05) is 25.1 Å². The number of urea groups is 1. The second kappa shape index (κ2) is 10.2. The second-order valence-electron chi connectivity index (χ2n) is 8.59. The van der Waals surface area contributed by atoms with Crippen LogP contribution in [0.3, 0.4) is 0 Å². The SMILES string of the molecule is Cc1ccc(NC(=O)N2CCC(c3nc(CCOCC4CCOCC4)no3)C2)cc1C. The summed E-state index contributed by atoms with van der Waals surface area (Å²) in [6.45, 7) is 8.38. The minimum Gasteiger partial charge on any atom is -0.381 e. The van der Waals surface area contributed by atoms with Crippen LogP contribution in [0.15, 0.2) is 22.7 Å². The molecule has 1 aromatic carbocycles. The lowest BCUT2D eigenvalue weighted by atomic mass is 10.0. The third-order valence-electron chi connectivity index (χ3n) is 6.23. The zero-order valence-corrected chi connectivity index (χ0v) is 18.4. The first-order valence-electron chi connectivity index (χ1n) is 11.2. The fourth-order valence-electron chi connectivity index (χ4n) is 4.03. The molecule has 1 unspecified atom stereocenters. The van der Waals surface area contributed by atoms with Gasteiger partial charge in [-0.3, -0.25) is 0 Å². The Kier molecular flexibility index (Phi) is 7.19. The maximum absolute atomic E-state index is 12.6. The van der Waals surface area contributed by atoms with Crippen LogP contribution in [-0.4, -0.2) is 60.6 Å². The molecule has 0 radical (unpaired) electrons. The highest BCUT2D eigenvalue weighted by Gasteiger charge is 2.31. The summed E-state index contributed by atoms with van der Waals surface area (Å²) in [6, 6.07) is 5.86. The number of rotatable bonds is 7. The first kappa shape index (κ1) is 21.8. The summed E-state index contributed by atoms with van der Waals surface area (Å²) in [4.78, 5) is 19.0. The molecule has 8 nitrogen and oxygen atoms in total. The van der Waals surface area contributed by atoms with Gasteiger partial charge in [-0.05, 0) is 62.3 Å². The normalized spacial score (nSPS) is 19.7. The van der Waals surface area contributed by atoms with Crippen LogP contribution in [0.2, 0.25) is 0 Å². The summed E-state index contributed by atoms with van der Waals surface area (Å²) < 4.78 is 16.6. The van der Waals surface area contributed by atoms with Crippen molar-refractivity contribution in [1.29, 1.82) is 0 Å². The zero-order valence-electron chi connectivity index (χ0n) is 18.4. The maximum Gasteiger partial charge on any atom is 0.321 e. The van der Waals surface area contributed by atoms with Crippen molar-refractivity contribution in [3.63, 3.8) is 0 Å². The molecule has 168 valence electrons. The topological polar surface area (TPSA) is 89.7 Å². The Hall–Kier alpha value is -2.45. The smallest absolute Gasteiger partial charge is 0.321 e. The summed E-state index contributed by atoms with van der Waals surface area (Å²) in [5.74, 6) is 1.95. The van der Waals surface area contributed by atoms with Crippen molar-refractivity contribution in [1.82, 2.24) is 15.0 Å². The van der Waals surface area contributed by atoms with E-state index in [1.54, 1.807) is 4.90 Å². The molecular formula is C23H32N4O4. The van der Waals surface area contributed by atoms with Crippen LogP contribution in [0.25, 0.3) is 0 Å². The fourth-order valence-corrected chi connectivity index (χ4v) is 4.03. The number of aromatic nitrogens is 2. The number of carbonyl (C=O) groups is 1. The Morgan fingerprint density at radius 3 is 2.87 bits per heavy atom. The van der Waals surface area contributed by atoms with Gasteiger partial charge in [-0.15, -0.1) is 0 Å². The van der Waals surface area contributed by atoms with Gasteiger partial charge >= 0.3 is 6.03 Å². The Bertz CT molecular complexity index is 878. The average molecular weight is 429 g/mol. The van der Waals surface area contributed by atoms with Gasteiger partial charge in [0.25, 0.3) is 0 Å². The third-order valence-corrected chi connectivity index (χ3v) is 6.23. The average Bonchev–Trinajstić information content (AvgIpc) is 3.44. The molecule has 2 saturated heterocycles. The van der Waals surface area contributed by atoms with Crippen LogP contribution in [0.4, 0.5) is 10.5 Å². The van der Waals surface area contributed by atoms with Gasteiger partial charge in [-0.25, -0.2) is 4.79 Å². The number of benzene rings is 1. The number of hydrogen-bond donors (Lipinski definition) is 1. The Morgan fingerprint density at radius 2 is 2.06 bits per heavy atom. The molecule has 0 spiro atoms. The first-order chi connectivity index (χ1) is 15.1. The van der Waals surface area contributed by atoms with E-state index in [2.05, 4.69) is 22.4 Å². The first-order valence-corrected chi connectivity index (χ1v) is 11.2. The molecule has 4 rings (SSSR count). The molecule has 1 N–H and O–H groups in total. The highest BCUT2D eigenvalue weighted by atomic mass is 16.5. The van der Waals surface area contributed by atoms with Gasteiger partial charge in [0, 0.05) is 45.0 Å². The second-order valence-corrected chi connectivity index (χ2v) is 8.59. The summed E-state index contributed by atoms with van der Waals surface area (Å²) >= 11 is 0. The highest BCUT2D eigenvalue weighted by Crippen LogP contribution is 2.27. The number of ether oxygens (including phenoxy) is 2. The predicted molar refractivity (Wildman–Crippen MR) is 116 cm³/mol. The Labute approximate surface area is 183 Å². The molecule has 31 heavy (non-hydrogen) atoms. The zero-order chi connectivity index (χ0) is 21.6. The van der Waals surface area contributed by atoms with E-state index >= 15 is 0 Å². The summed E-state index contributed by atoms with van der Waals surface area (Å²) in [6.07, 6.45) is 3.60. The van der Waals surface area contributed by atoms with Gasteiger partial charge in [0.2, 0.25) is 5.89 Å². The summed E-state index contributed by atoms with van der Waals surface area (Å²) in [7, 11) is 0. The predicted octanol–water partition coefficient (Wildman–Crippen LogP) is 3.69. The van der Waals surface area contributed by atoms with Crippen molar-refractivity contribution >= 4 is 11.7 Å². The Morgan fingerprint density at radius 1 is 1.23 bits per heavy atom. The minimum absolute atomic E-state index is 0.0786. The van der Waals surface area contributed by atoms with Crippen molar-refractivity contribution in [3.8, 4) is 0 Å². The van der Waals surface area contributed by atoms with E-state index < -0.39 is 0 Å². The van der Waals surface area contributed by atoms with Crippen LogP contribution in [0, 0.1) is 19.8 Å². The third kappa shape index (κ3) is 5.83. The number of anilines is 1. The van der Waals surface area contributed by atoms with Gasteiger partial charge in [0.15, 0.2) is 5.82 Å². The molecule has 8 heteroatoms. The van der Waals surface area contributed by atoms with Crippen molar-refractivity contribution in [2.24, 2.45) is 5.92 Å². The molecule has 2 amide bonds. The molecule has 1 atom stereocenters. The molecule has 1 aromatic heterocycles. The highest BCUT2D eigenvalue weighted by molar-refractivity contribution is 5.89. The molecule has 3 heterocycles. The van der Waals surface area contributed by atoms with Gasteiger partial charge < -0.3 is 24.2 Å². The van der Waals surface area contributed by atoms with Crippen molar-refractivity contribution in [2.45, 2.75) is 45.4 Å². The summed E-state index contributed by atoms with van der Waals surface area (Å²) in [5, 5.41) is 7.08. The molecule has 0 bridgehead atoms. The van der Waals surface area contributed by atoms with Crippen LogP contribution in [0.5, 0.6) is 0 Å². The molecule has 2 aliphatic rings. The summed E-state index contributed by atoms with van der Waals surface area (Å²) in [5.41, 5.74) is 3.19. The lowest BCUT2D eigenvalue weighted by molar-refractivity contribution is 0.0211.